The van der Waals surface area contributed by atoms with E-state index in [1.54, 1.807) is 0 Å². The van der Waals surface area contributed by atoms with Gasteiger partial charge in [0.15, 0.2) is 0 Å². The minimum absolute atomic E-state index is 0.104. The zero-order valence-corrected chi connectivity index (χ0v) is 17.6. The normalized spacial score (nSPS) is 10.9. The highest BCUT2D eigenvalue weighted by molar-refractivity contribution is 5.95. The monoisotopic (exact) mass is 398 g/mol. The van der Waals surface area contributed by atoms with E-state index in [1.165, 1.54) is 11.1 Å². The van der Waals surface area contributed by atoms with Crippen LogP contribution in [0.1, 0.15) is 27.3 Å². The number of anilines is 1. The molecule has 4 aromatic rings. The molecule has 0 unspecified atom stereocenters. The number of imidazole rings is 1. The van der Waals surface area contributed by atoms with Gasteiger partial charge in [-0.1, -0.05) is 48.0 Å². The van der Waals surface area contributed by atoms with E-state index in [9.17, 15) is 4.79 Å². The van der Waals surface area contributed by atoms with Gasteiger partial charge in [0.25, 0.3) is 5.91 Å². The first-order valence-corrected chi connectivity index (χ1v) is 10.1. The molecule has 30 heavy (non-hydrogen) atoms. The molecule has 4 rings (SSSR count). The van der Waals surface area contributed by atoms with Crippen molar-refractivity contribution in [1.29, 1.82) is 0 Å². The van der Waals surface area contributed by atoms with Crippen molar-refractivity contribution in [2.75, 3.05) is 19.0 Å². The third-order valence-corrected chi connectivity index (χ3v) is 5.23. The van der Waals surface area contributed by atoms with E-state index in [0.717, 1.165) is 22.5 Å². The first-order chi connectivity index (χ1) is 14.5. The van der Waals surface area contributed by atoms with Crippen molar-refractivity contribution in [2.24, 2.45) is 0 Å². The number of hydrogen-bond acceptors (Lipinski definition) is 3. The van der Waals surface area contributed by atoms with Crippen LogP contribution in [0.15, 0.2) is 72.8 Å². The Morgan fingerprint density at radius 3 is 2.53 bits per heavy atom. The third kappa shape index (κ3) is 4.20. The Hall–Kier alpha value is -3.60. The van der Waals surface area contributed by atoms with Gasteiger partial charge in [0, 0.05) is 31.9 Å². The Morgan fingerprint density at radius 1 is 1.00 bits per heavy atom. The minimum Gasteiger partial charge on any atom is -0.378 e. The molecule has 0 aliphatic rings. The molecule has 152 valence electrons. The molecule has 1 N–H and O–H groups in total. The van der Waals surface area contributed by atoms with E-state index in [0.29, 0.717) is 18.7 Å². The van der Waals surface area contributed by atoms with Gasteiger partial charge in [-0.25, -0.2) is 4.98 Å². The van der Waals surface area contributed by atoms with E-state index < -0.39 is 0 Å². The highest BCUT2D eigenvalue weighted by Crippen LogP contribution is 2.19. The fourth-order valence-electron chi connectivity index (χ4n) is 3.50. The minimum atomic E-state index is -0.104. The van der Waals surface area contributed by atoms with Gasteiger partial charge in [0.1, 0.15) is 5.82 Å². The lowest BCUT2D eigenvalue weighted by Gasteiger charge is -2.14. The van der Waals surface area contributed by atoms with Crippen molar-refractivity contribution < 1.29 is 4.79 Å². The summed E-state index contributed by atoms with van der Waals surface area (Å²) in [4.78, 5) is 19.5. The second-order valence-corrected chi connectivity index (χ2v) is 7.72. The number of aromatic nitrogens is 2. The summed E-state index contributed by atoms with van der Waals surface area (Å²) in [6.45, 7) is 3.16. The van der Waals surface area contributed by atoms with Gasteiger partial charge in [-0.05, 0) is 42.8 Å². The third-order valence-electron chi connectivity index (χ3n) is 5.23. The highest BCUT2D eigenvalue weighted by Gasteiger charge is 2.13. The largest absolute Gasteiger partial charge is 0.378 e. The van der Waals surface area contributed by atoms with Crippen LogP contribution in [0.5, 0.6) is 0 Å². The van der Waals surface area contributed by atoms with E-state index in [1.807, 2.05) is 61.5 Å². The summed E-state index contributed by atoms with van der Waals surface area (Å²) >= 11 is 0. The summed E-state index contributed by atoms with van der Waals surface area (Å²) in [5.74, 6) is 0.738. The number of carbonyl (C=O) groups excluding carboxylic acids is 1. The Morgan fingerprint density at radius 2 is 1.77 bits per heavy atom. The maximum absolute atomic E-state index is 12.7. The van der Waals surface area contributed by atoms with Gasteiger partial charge in [-0.2, -0.15) is 0 Å². The lowest BCUT2D eigenvalue weighted by Crippen LogP contribution is -2.25. The van der Waals surface area contributed by atoms with Crippen molar-refractivity contribution in [3.05, 3.63) is 95.3 Å². The molecule has 3 aromatic carbocycles. The van der Waals surface area contributed by atoms with E-state index in [2.05, 4.69) is 47.1 Å². The summed E-state index contributed by atoms with van der Waals surface area (Å²) in [5, 5.41) is 3.04. The van der Waals surface area contributed by atoms with Crippen LogP contribution >= 0.6 is 0 Å². The Labute approximate surface area is 177 Å². The van der Waals surface area contributed by atoms with E-state index >= 15 is 0 Å². The average Bonchev–Trinajstić information content (AvgIpc) is 3.11. The number of carbonyl (C=O) groups is 1. The van der Waals surface area contributed by atoms with Gasteiger partial charge >= 0.3 is 0 Å². The second-order valence-electron chi connectivity index (χ2n) is 7.72. The molecular formula is C25H26N4O. The summed E-state index contributed by atoms with van der Waals surface area (Å²) in [7, 11) is 3.93. The topological polar surface area (TPSA) is 50.2 Å². The predicted octanol–water partition coefficient (Wildman–Crippen LogP) is 4.39. The van der Waals surface area contributed by atoms with Crippen LogP contribution in [0.25, 0.3) is 11.0 Å². The van der Waals surface area contributed by atoms with Crippen LogP contribution in [0.3, 0.4) is 0 Å². The Bertz CT molecular complexity index is 1180. The Balaban J connectivity index is 1.58. The molecule has 5 heteroatoms. The number of hydrogen-bond donors (Lipinski definition) is 1. The molecule has 0 aliphatic carbocycles. The van der Waals surface area contributed by atoms with Gasteiger partial charge in [0.2, 0.25) is 0 Å². The second kappa shape index (κ2) is 8.41. The number of fused-ring (bicyclic) bond motifs is 1. The number of nitrogens with zero attached hydrogens (tertiary/aromatic N) is 3. The molecule has 0 radical (unpaired) electrons. The van der Waals surface area contributed by atoms with Crippen LogP contribution in [0, 0.1) is 6.92 Å². The predicted molar refractivity (Wildman–Crippen MR) is 122 cm³/mol. The van der Waals surface area contributed by atoms with E-state index in [4.69, 9.17) is 4.98 Å². The quantitative estimate of drug-likeness (QED) is 0.524. The lowest BCUT2D eigenvalue weighted by molar-refractivity contribution is 0.0949. The average molecular weight is 399 g/mol. The van der Waals surface area contributed by atoms with Crippen molar-refractivity contribution >= 4 is 22.6 Å². The van der Waals surface area contributed by atoms with Crippen LogP contribution in [0.4, 0.5) is 5.69 Å². The first-order valence-electron chi connectivity index (χ1n) is 10.1. The molecule has 1 heterocycles. The van der Waals surface area contributed by atoms with E-state index in [-0.39, 0.29) is 5.91 Å². The van der Waals surface area contributed by atoms with Crippen LogP contribution in [-0.2, 0) is 13.1 Å². The summed E-state index contributed by atoms with van der Waals surface area (Å²) in [5.41, 5.74) is 6.08. The zero-order valence-electron chi connectivity index (χ0n) is 17.6. The van der Waals surface area contributed by atoms with Gasteiger partial charge < -0.3 is 14.8 Å². The number of aryl methyl sites for hydroxylation is 1. The zero-order chi connectivity index (χ0) is 21.1. The highest BCUT2D eigenvalue weighted by atomic mass is 16.1. The van der Waals surface area contributed by atoms with Crippen molar-refractivity contribution in [3.8, 4) is 0 Å². The SMILES string of the molecule is Cc1ccc(Cn2c(CNC(=O)c3cccc(N(C)C)c3)nc3ccccc32)cc1. The molecule has 0 saturated heterocycles. The van der Waals surface area contributed by atoms with Gasteiger partial charge in [-0.15, -0.1) is 0 Å². The van der Waals surface area contributed by atoms with Gasteiger partial charge in [0.05, 0.1) is 17.6 Å². The van der Waals surface area contributed by atoms with Crippen LogP contribution in [0.2, 0.25) is 0 Å². The fraction of sp³-hybridized carbons (Fsp3) is 0.200. The fourth-order valence-corrected chi connectivity index (χ4v) is 3.50. The standard InChI is InChI=1S/C25H26N4O/c1-18-11-13-19(14-12-18)17-29-23-10-5-4-9-22(23)27-24(29)16-26-25(30)20-7-6-8-21(15-20)28(2)3/h4-15H,16-17H2,1-3H3,(H,26,30). The molecule has 0 fully saturated rings. The Kier molecular flexibility index (Phi) is 5.53. The number of amides is 1. The molecular weight excluding hydrogens is 372 g/mol. The van der Waals surface area contributed by atoms with Crippen molar-refractivity contribution in [3.63, 3.8) is 0 Å². The molecule has 0 aliphatic heterocycles. The first kappa shape index (κ1) is 19.7. The molecule has 1 aromatic heterocycles. The van der Waals surface area contributed by atoms with Crippen molar-refractivity contribution in [2.45, 2.75) is 20.0 Å². The maximum Gasteiger partial charge on any atom is 0.251 e. The summed E-state index contributed by atoms with van der Waals surface area (Å²) in [6.07, 6.45) is 0. The number of para-hydroxylation sites is 2. The van der Waals surface area contributed by atoms with Crippen LogP contribution < -0.4 is 10.2 Å². The lowest BCUT2D eigenvalue weighted by atomic mass is 10.1. The summed E-state index contributed by atoms with van der Waals surface area (Å²) in [6, 6.07) is 24.2. The smallest absolute Gasteiger partial charge is 0.251 e. The summed E-state index contributed by atoms with van der Waals surface area (Å²) < 4.78 is 2.18. The molecule has 0 spiro atoms. The van der Waals surface area contributed by atoms with Crippen LogP contribution in [-0.4, -0.2) is 29.6 Å². The maximum atomic E-state index is 12.7. The number of nitrogens with one attached hydrogen (secondary N) is 1. The molecule has 0 bridgehead atoms. The number of benzene rings is 3. The molecule has 0 saturated carbocycles. The van der Waals surface area contributed by atoms with Gasteiger partial charge in [-0.3, -0.25) is 4.79 Å². The molecule has 1 amide bonds. The van der Waals surface area contributed by atoms with Crippen molar-refractivity contribution in [1.82, 2.24) is 14.9 Å². The molecule has 0 atom stereocenters. The number of rotatable bonds is 6. The molecule has 5 nitrogen and oxygen atoms in total.